The first kappa shape index (κ1) is 15.2. The SMILES string of the molecule is Cc1cc(F)c(N2CCC(CNC(C)(C)C)C2)cc1F. The van der Waals surface area contributed by atoms with Gasteiger partial charge in [-0.2, -0.15) is 0 Å². The first-order valence-electron chi connectivity index (χ1n) is 7.22. The number of halogens is 2. The molecule has 0 bridgehead atoms. The van der Waals surface area contributed by atoms with Gasteiger partial charge in [0.05, 0.1) is 5.69 Å². The molecule has 0 aromatic heterocycles. The van der Waals surface area contributed by atoms with Gasteiger partial charge in [0.1, 0.15) is 11.6 Å². The zero-order valence-corrected chi connectivity index (χ0v) is 12.8. The lowest BCUT2D eigenvalue weighted by atomic mass is 10.1. The third-order valence-corrected chi connectivity index (χ3v) is 3.78. The Morgan fingerprint density at radius 1 is 1.25 bits per heavy atom. The van der Waals surface area contributed by atoms with Crippen molar-refractivity contribution in [2.45, 2.75) is 39.7 Å². The van der Waals surface area contributed by atoms with Gasteiger partial charge in [-0.25, -0.2) is 8.78 Å². The van der Waals surface area contributed by atoms with Gasteiger partial charge in [0, 0.05) is 31.2 Å². The fourth-order valence-electron chi connectivity index (χ4n) is 2.55. The van der Waals surface area contributed by atoms with Crippen molar-refractivity contribution in [1.82, 2.24) is 5.32 Å². The van der Waals surface area contributed by atoms with Crippen molar-refractivity contribution < 1.29 is 8.78 Å². The highest BCUT2D eigenvalue weighted by Crippen LogP contribution is 2.28. The van der Waals surface area contributed by atoms with Crippen LogP contribution in [0.4, 0.5) is 14.5 Å². The summed E-state index contributed by atoms with van der Waals surface area (Å²) < 4.78 is 27.6. The molecule has 0 aliphatic carbocycles. The van der Waals surface area contributed by atoms with Gasteiger partial charge < -0.3 is 10.2 Å². The molecule has 2 rings (SSSR count). The van der Waals surface area contributed by atoms with Crippen molar-refractivity contribution in [3.63, 3.8) is 0 Å². The van der Waals surface area contributed by atoms with Crippen LogP contribution < -0.4 is 10.2 Å². The molecular formula is C16H24F2N2. The lowest BCUT2D eigenvalue weighted by Crippen LogP contribution is -2.39. The second-order valence-electron chi connectivity index (χ2n) is 6.78. The summed E-state index contributed by atoms with van der Waals surface area (Å²) in [6.07, 6.45) is 1.01. The maximum Gasteiger partial charge on any atom is 0.146 e. The molecule has 20 heavy (non-hydrogen) atoms. The largest absolute Gasteiger partial charge is 0.369 e. The van der Waals surface area contributed by atoms with Crippen LogP contribution in [-0.4, -0.2) is 25.2 Å². The zero-order chi connectivity index (χ0) is 14.9. The number of anilines is 1. The highest BCUT2D eigenvalue weighted by atomic mass is 19.1. The number of hydrogen-bond acceptors (Lipinski definition) is 2. The Bertz CT molecular complexity index is 480. The summed E-state index contributed by atoms with van der Waals surface area (Å²) in [6.45, 7) is 10.5. The molecule has 1 unspecified atom stereocenters. The number of rotatable bonds is 3. The minimum absolute atomic E-state index is 0.0919. The van der Waals surface area contributed by atoms with Crippen LogP contribution in [0.1, 0.15) is 32.8 Å². The van der Waals surface area contributed by atoms with E-state index in [2.05, 4.69) is 26.1 Å². The van der Waals surface area contributed by atoms with Crippen molar-refractivity contribution in [2.24, 2.45) is 5.92 Å². The molecule has 4 heteroatoms. The van der Waals surface area contributed by atoms with Crippen LogP contribution in [-0.2, 0) is 0 Å². The molecule has 1 atom stereocenters. The van der Waals surface area contributed by atoms with Crippen molar-refractivity contribution >= 4 is 5.69 Å². The van der Waals surface area contributed by atoms with Crippen LogP contribution in [0.2, 0.25) is 0 Å². The molecule has 0 amide bonds. The van der Waals surface area contributed by atoms with Crippen LogP contribution in [0.5, 0.6) is 0 Å². The standard InChI is InChI=1S/C16H24F2N2/c1-11-7-14(18)15(8-13(11)17)20-6-5-12(10-20)9-19-16(2,3)4/h7-8,12,19H,5-6,9-10H2,1-4H3. The van der Waals surface area contributed by atoms with Gasteiger partial charge in [-0.3, -0.25) is 0 Å². The Balaban J connectivity index is 2.01. The van der Waals surface area contributed by atoms with E-state index in [1.807, 2.05) is 4.90 Å². The topological polar surface area (TPSA) is 15.3 Å². The molecule has 0 saturated carbocycles. The molecule has 1 N–H and O–H groups in total. The summed E-state index contributed by atoms with van der Waals surface area (Å²) in [5.74, 6) is -0.177. The molecule has 0 radical (unpaired) electrons. The normalized spacial score (nSPS) is 19.7. The molecule has 2 nitrogen and oxygen atoms in total. The maximum atomic E-state index is 14.0. The number of hydrogen-bond donors (Lipinski definition) is 1. The summed E-state index contributed by atoms with van der Waals surface area (Å²) in [5, 5.41) is 3.48. The van der Waals surface area contributed by atoms with E-state index in [1.165, 1.54) is 12.1 Å². The minimum Gasteiger partial charge on any atom is -0.369 e. The van der Waals surface area contributed by atoms with Gasteiger partial charge in [0.25, 0.3) is 0 Å². The molecular weight excluding hydrogens is 258 g/mol. The molecule has 1 saturated heterocycles. The van der Waals surface area contributed by atoms with E-state index in [1.54, 1.807) is 6.92 Å². The molecule has 1 aromatic carbocycles. The number of benzene rings is 1. The fraction of sp³-hybridized carbons (Fsp3) is 0.625. The van der Waals surface area contributed by atoms with Crippen LogP contribution in [0.25, 0.3) is 0 Å². The number of aryl methyl sites for hydroxylation is 1. The second-order valence-corrected chi connectivity index (χ2v) is 6.78. The minimum atomic E-state index is -0.335. The van der Waals surface area contributed by atoms with E-state index in [-0.39, 0.29) is 17.2 Å². The van der Waals surface area contributed by atoms with E-state index >= 15 is 0 Å². The molecule has 1 heterocycles. The van der Waals surface area contributed by atoms with Crippen molar-refractivity contribution in [2.75, 3.05) is 24.5 Å². The molecule has 112 valence electrons. The van der Waals surface area contributed by atoms with Crippen LogP contribution >= 0.6 is 0 Å². The summed E-state index contributed by atoms with van der Waals surface area (Å²) in [5.41, 5.74) is 0.844. The Morgan fingerprint density at radius 3 is 2.60 bits per heavy atom. The average molecular weight is 282 g/mol. The number of nitrogens with one attached hydrogen (secondary N) is 1. The van der Waals surface area contributed by atoms with Gasteiger partial charge in [0.2, 0.25) is 0 Å². The smallest absolute Gasteiger partial charge is 0.146 e. The zero-order valence-electron chi connectivity index (χ0n) is 12.8. The third-order valence-electron chi connectivity index (χ3n) is 3.78. The van der Waals surface area contributed by atoms with E-state index in [0.717, 1.165) is 26.1 Å². The Hall–Kier alpha value is -1.16. The highest BCUT2D eigenvalue weighted by molar-refractivity contribution is 5.50. The molecule has 1 aliphatic heterocycles. The van der Waals surface area contributed by atoms with Gasteiger partial charge in [0.15, 0.2) is 0 Å². The lowest BCUT2D eigenvalue weighted by Gasteiger charge is -2.24. The van der Waals surface area contributed by atoms with Crippen molar-refractivity contribution in [1.29, 1.82) is 0 Å². The van der Waals surface area contributed by atoms with Crippen LogP contribution in [0.3, 0.4) is 0 Å². The van der Waals surface area contributed by atoms with Crippen molar-refractivity contribution in [3.8, 4) is 0 Å². The van der Waals surface area contributed by atoms with Gasteiger partial charge in [-0.1, -0.05) is 0 Å². The number of nitrogens with zero attached hydrogens (tertiary/aromatic N) is 1. The first-order valence-corrected chi connectivity index (χ1v) is 7.22. The highest BCUT2D eigenvalue weighted by Gasteiger charge is 2.26. The third kappa shape index (κ3) is 3.69. The van der Waals surface area contributed by atoms with Gasteiger partial charge in [-0.15, -0.1) is 0 Å². The summed E-state index contributed by atoms with van der Waals surface area (Å²) in [7, 11) is 0. The van der Waals surface area contributed by atoms with E-state index < -0.39 is 0 Å². The summed E-state index contributed by atoms with van der Waals surface area (Å²) in [4.78, 5) is 1.95. The molecule has 1 aromatic rings. The Morgan fingerprint density at radius 2 is 1.95 bits per heavy atom. The van der Waals surface area contributed by atoms with Crippen molar-refractivity contribution in [3.05, 3.63) is 29.3 Å². The van der Waals surface area contributed by atoms with Gasteiger partial charge >= 0.3 is 0 Å². The van der Waals surface area contributed by atoms with Crippen LogP contribution in [0, 0.1) is 24.5 Å². The van der Waals surface area contributed by atoms with Crippen LogP contribution in [0.15, 0.2) is 12.1 Å². The quantitative estimate of drug-likeness (QED) is 0.913. The van der Waals surface area contributed by atoms with Gasteiger partial charge in [-0.05, 0) is 51.7 Å². The lowest BCUT2D eigenvalue weighted by molar-refractivity contribution is 0.383. The summed E-state index contributed by atoms with van der Waals surface area (Å²) >= 11 is 0. The predicted molar refractivity (Wildman–Crippen MR) is 79.2 cm³/mol. The second kappa shape index (κ2) is 5.68. The predicted octanol–water partition coefficient (Wildman–Crippen LogP) is 3.49. The Labute approximate surface area is 120 Å². The van der Waals surface area contributed by atoms with E-state index in [0.29, 0.717) is 17.2 Å². The summed E-state index contributed by atoms with van der Waals surface area (Å²) in [6, 6.07) is 2.61. The first-order chi connectivity index (χ1) is 9.26. The Kier molecular flexibility index (Phi) is 4.33. The average Bonchev–Trinajstić information content (AvgIpc) is 2.79. The molecule has 1 fully saturated rings. The maximum absolute atomic E-state index is 14.0. The monoisotopic (exact) mass is 282 g/mol. The molecule has 0 spiro atoms. The molecule has 1 aliphatic rings. The van der Waals surface area contributed by atoms with E-state index in [9.17, 15) is 8.78 Å². The fourth-order valence-corrected chi connectivity index (χ4v) is 2.55. The van der Waals surface area contributed by atoms with E-state index in [4.69, 9.17) is 0 Å².